The van der Waals surface area contributed by atoms with E-state index in [4.69, 9.17) is 4.74 Å². The molecule has 2 aromatic rings. The van der Waals surface area contributed by atoms with Gasteiger partial charge in [0.2, 0.25) is 5.88 Å². The fraction of sp³-hybridized carbons (Fsp3) is 0.562. The number of ether oxygens (including phenoxy) is 1. The second-order valence-electron chi connectivity index (χ2n) is 6.46. The number of rotatable bonds is 5. The molecule has 0 saturated carbocycles. The van der Waals surface area contributed by atoms with E-state index in [0.717, 1.165) is 32.9 Å². The third kappa shape index (κ3) is 4.63. The van der Waals surface area contributed by atoms with Crippen LogP contribution < -0.4 is 10.1 Å². The lowest BCUT2D eigenvalue weighted by Crippen LogP contribution is -2.35. The molecule has 26 heavy (non-hydrogen) atoms. The predicted molar refractivity (Wildman–Crippen MR) is 89.5 cm³/mol. The molecule has 0 bridgehead atoms. The van der Waals surface area contributed by atoms with E-state index in [0.29, 0.717) is 11.7 Å². The minimum atomic E-state index is -4.33. The van der Waals surface area contributed by atoms with Gasteiger partial charge in [0.15, 0.2) is 11.6 Å². The summed E-state index contributed by atoms with van der Waals surface area (Å²) in [6.07, 6.45) is 0.557. The number of anilines is 2. The van der Waals surface area contributed by atoms with Crippen molar-refractivity contribution in [2.75, 3.05) is 25.5 Å². The third-order valence-electron chi connectivity index (χ3n) is 4.38. The summed E-state index contributed by atoms with van der Waals surface area (Å²) in [5, 5.41) is 9.09. The SMILES string of the molecule is C[C@H](c1cc(Nc2cncc(OC3CCN(C)CC3)n2)n[nH]1)C(F)(F)F. The van der Waals surface area contributed by atoms with Gasteiger partial charge < -0.3 is 15.0 Å². The van der Waals surface area contributed by atoms with Gasteiger partial charge in [-0.2, -0.15) is 23.3 Å². The van der Waals surface area contributed by atoms with E-state index in [9.17, 15) is 13.2 Å². The smallest absolute Gasteiger partial charge is 0.396 e. The Morgan fingerprint density at radius 2 is 2.00 bits per heavy atom. The first-order valence-corrected chi connectivity index (χ1v) is 8.37. The van der Waals surface area contributed by atoms with Crippen LogP contribution in [-0.4, -0.2) is 57.5 Å². The van der Waals surface area contributed by atoms with Crippen LogP contribution >= 0.6 is 0 Å². The van der Waals surface area contributed by atoms with E-state index in [1.165, 1.54) is 18.5 Å². The van der Waals surface area contributed by atoms with Crippen molar-refractivity contribution in [3.63, 3.8) is 0 Å². The first kappa shape index (κ1) is 18.4. The Labute approximate surface area is 149 Å². The molecule has 0 unspecified atom stereocenters. The fourth-order valence-electron chi connectivity index (χ4n) is 2.67. The van der Waals surface area contributed by atoms with Gasteiger partial charge in [0.1, 0.15) is 6.10 Å². The maximum absolute atomic E-state index is 12.8. The Hall–Kier alpha value is -2.36. The summed E-state index contributed by atoms with van der Waals surface area (Å²) in [4.78, 5) is 10.6. The minimum absolute atomic E-state index is 0.0216. The van der Waals surface area contributed by atoms with Crippen molar-refractivity contribution in [1.82, 2.24) is 25.1 Å². The highest BCUT2D eigenvalue weighted by Gasteiger charge is 2.38. The average Bonchev–Trinajstić information content (AvgIpc) is 3.04. The lowest BCUT2D eigenvalue weighted by Gasteiger charge is -2.28. The summed E-state index contributed by atoms with van der Waals surface area (Å²) in [7, 11) is 2.07. The fourth-order valence-corrected chi connectivity index (χ4v) is 2.67. The second kappa shape index (κ2) is 7.48. The third-order valence-corrected chi connectivity index (χ3v) is 4.38. The lowest BCUT2D eigenvalue weighted by molar-refractivity contribution is -0.147. The van der Waals surface area contributed by atoms with Gasteiger partial charge in [-0.05, 0) is 26.8 Å². The molecule has 2 N–H and O–H groups in total. The molecule has 1 fully saturated rings. The van der Waals surface area contributed by atoms with Crippen LogP contribution in [0.25, 0.3) is 0 Å². The van der Waals surface area contributed by atoms with Gasteiger partial charge in [0.05, 0.1) is 18.3 Å². The molecule has 1 saturated heterocycles. The van der Waals surface area contributed by atoms with Crippen LogP contribution in [0.4, 0.5) is 24.8 Å². The number of aromatic amines is 1. The number of likely N-dealkylation sites (tertiary alicyclic amines) is 1. The largest absolute Gasteiger partial charge is 0.473 e. The van der Waals surface area contributed by atoms with Crippen LogP contribution in [0.3, 0.4) is 0 Å². The summed E-state index contributed by atoms with van der Waals surface area (Å²) in [5.74, 6) is -0.658. The number of alkyl halides is 3. The second-order valence-corrected chi connectivity index (χ2v) is 6.46. The molecule has 0 aliphatic carbocycles. The zero-order chi connectivity index (χ0) is 18.7. The van der Waals surface area contributed by atoms with Gasteiger partial charge in [-0.3, -0.25) is 10.1 Å². The molecule has 0 spiro atoms. The number of hydrogen-bond donors (Lipinski definition) is 2. The predicted octanol–water partition coefficient (Wildman–Crippen LogP) is 3.08. The van der Waals surface area contributed by atoms with Gasteiger partial charge in [-0.1, -0.05) is 0 Å². The first-order chi connectivity index (χ1) is 12.3. The highest BCUT2D eigenvalue weighted by Crippen LogP contribution is 2.34. The summed E-state index contributed by atoms with van der Waals surface area (Å²) in [6, 6.07) is 1.31. The monoisotopic (exact) mass is 370 g/mol. The van der Waals surface area contributed by atoms with E-state index in [-0.39, 0.29) is 17.6 Å². The van der Waals surface area contributed by atoms with Gasteiger partial charge >= 0.3 is 6.18 Å². The van der Waals surface area contributed by atoms with Crippen LogP contribution in [0.5, 0.6) is 5.88 Å². The van der Waals surface area contributed by atoms with Crippen molar-refractivity contribution < 1.29 is 17.9 Å². The molecular weight excluding hydrogens is 349 g/mol. The first-order valence-electron chi connectivity index (χ1n) is 8.37. The number of halogens is 3. The quantitative estimate of drug-likeness (QED) is 0.842. The molecule has 1 atom stereocenters. The molecule has 0 radical (unpaired) electrons. The molecular formula is C16H21F3N6O. The average molecular weight is 370 g/mol. The lowest BCUT2D eigenvalue weighted by atomic mass is 10.1. The standard InChI is InChI=1S/C16H21F3N6O/c1-10(16(17,18)19)12-7-13(24-23-12)21-14-8-20-9-15(22-14)26-11-3-5-25(2)6-4-11/h7-11H,3-6H2,1-2H3,(H2,21,22,23,24)/t10-/m1/s1. The number of H-pyrrole nitrogens is 1. The summed E-state index contributed by atoms with van der Waals surface area (Å²) in [6.45, 7) is 3.00. The molecule has 142 valence electrons. The maximum Gasteiger partial charge on any atom is 0.396 e. The molecule has 0 amide bonds. The van der Waals surface area contributed by atoms with Crippen molar-refractivity contribution in [2.45, 2.75) is 38.0 Å². The number of nitrogens with one attached hydrogen (secondary N) is 2. The summed E-state index contributed by atoms with van der Waals surface area (Å²) >= 11 is 0. The maximum atomic E-state index is 12.8. The number of hydrogen-bond acceptors (Lipinski definition) is 6. The van der Waals surface area contributed by atoms with Crippen LogP contribution in [0.15, 0.2) is 18.5 Å². The van der Waals surface area contributed by atoms with Crippen molar-refractivity contribution in [2.24, 2.45) is 0 Å². The van der Waals surface area contributed by atoms with Gasteiger partial charge in [-0.15, -0.1) is 0 Å². The molecule has 1 aliphatic rings. The Balaban J connectivity index is 1.63. The van der Waals surface area contributed by atoms with Gasteiger partial charge in [0, 0.05) is 24.8 Å². The zero-order valence-corrected chi connectivity index (χ0v) is 14.5. The topological polar surface area (TPSA) is 79.0 Å². The number of piperidine rings is 1. The molecule has 7 nitrogen and oxygen atoms in total. The number of nitrogens with zero attached hydrogens (tertiary/aromatic N) is 4. The summed E-state index contributed by atoms with van der Waals surface area (Å²) in [5.41, 5.74) is -0.0216. The van der Waals surface area contributed by atoms with Crippen LogP contribution in [0, 0.1) is 0 Å². The molecule has 1 aliphatic heterocycles. The van der Waals surface area contributed by atoms with Crippen molar-refractivity contribution in [3.8, 4) is 5.88 Å². The van der Waals surface area contributed by atoms with Gasteiger partial charge in [-0.25, -0.2) is 0 Å². The van der Waals surface area contributed by atoms with E-state index in [1.807, 2.05) is 0 Å². The number of aromatic nitrogens is 4. The normalized spacial score (nSPS) is 17.9. The zero-order valence-electron chi connectivity index (χ0n) is 14.5. The van der Waals surface area contributed by atoms with Crippen molar-refractivity contribution >= 4 is 11.6 Å². The van der Waals surface area contributed by atoms with Crippen molar-refractivity contribution in [3.05, 3.63) is 24.2 Å². The van der Waals surface area contributed by atoms with Crippen LogP contribution in [0.1, 0.15) is 31.4 Å². The van der Waals surface area contributed by atoms with E-state index in [2.05, 4.69) is 37.4 Å². The van der Waals surface area contributed by atoms with Crippen LogP contribution in [-0.2, 0) is 0 Å². The van der Waals surface area contributed by atoms with E-state index >= 15 is 0 Å². The van der Waals surface area contributed by atoms with E-state index in [1.54, 1.807) is 0 Å². The Morgan fingerprint density at radius 1 is 1.27 bits per heavy atom. The molecule has 3 rings (SSSR count). The minimum Gasteiger partial charge on any atom is -0.473 e. The van der Waals surface area contributed by atoms with E-state index < -0.39 is 12.1 Å². The summed E-state index contributed by atoms with van der Waals surface area (Å²) < 4.78 is 44.1. The highest BCUT2D eigenvalue weighted by atomic mass is 19.4. The molecule has 10 heteroatoms. The van der Waals surface area contributed by atoms with Gasteiger partial charge in [0.25, 0.3) is 0 Å². The molecule has 3 heterocycles. The van der Waals surface area contributed by atoms with Crippen molar-refractivity contribution in [1.29, 1.82) is 0 Å². The molecule has 2 aromatic heterocycles. The Kier molecular flexibility index (Phi) is 5.30. The Morgan fingerprint density at radius 3 is 2.69 bits per heavy atom. The van der Waals surface area contributed by atoms with Crippen LogP contribution in [0.2, 0.25) is 0 Å². The highest BCUT2D eigenvalue weighted by molar-refractivity contribution is 5.51. The Bertz CT molecular complexity index is 727. The molecule has 0 aromatic carbocycles.